The lowest BCUT2D eigenvalue weighted by Crippen LogP contribution is -2.25. The molecule has 0 aromatic carbocycles. The number of aromatic nitrogens is 1. The van der Waals surface area contributed by atoms with Crippen molar-refractivity contribution in [1.82, 2.24) is 15.6 Å². The molecule has 1 heterocycles. The van der Waals surface area contributed by atoms with Crippen molar-refractivity contribution in [2.24, 2.45) is 0 Å². The molecule has 1 aromatic heterocycles. The average Bonchev–Trinajstić information content (AvgIpc) is 2.71. The summed E-state index contributed by atoms with van der Waals surface area (Å²) in [6, 6.07) is 0. The first-order valence-electron chi connectivity index (χ1n) is 5.11. The summed E-state index contributed by atoms with van der Waals surface area (Å²) in [5.41, 5.74) is 0. The molecule has 0 saturated heterocycles. The highest BCUT2D eigenvalue weighted by atomic mass is 32.1. The summed E-state index contributed by atoms with van der Waals surface area (Å²) in [5, 5.41) is 6.75. The molecule has 0 aliphatic carbocycles. The van der Waals surface area contributed by atoms with Crippen LogP contribution >= 0.6 is 11.3 Å². The molecule has 1 amide bonds. The monoisotopic (exact) mass is 227 g/mol. The predicted octanol–water partition coefficient (Wildman–Crippen LogP) is 0.931. The minimum atomic E-state index is 0.0672. The summed E-state index contributed by atoms with van der Waals surface area (Å²) < 4.78 is 0. The van der Waals surface area contributed by atoms with Gasteiger partial charge in [-0.05, 0) is 13.5 Å². The first-order valence-corrected chi connectivity index (χ1v) is 5.92. The molecule has 0 radical (unpaired) electrons. The molecule has 1 rings (SSSR count). The van der Waals surface area contributed by atoms with Gasteiger partial charge in [-0.1, -0.05) is 6.92 Å². The Hall–Kier alpha value is -0.940. The number of nitrogens with one attached hydrogen (secondary N) is 2. The van der Waals surface area contributed by atoms with E-state index in [1.165, 1.54) is 4.88 Å². The maximum atomic E-state index is 11.3. The van der Waals surface area contributed by atoms with E-state index in [-0.39, 0.29) is 5.91 Å². The fourth-order valence-electron chi connectivity index (χ4n) is 1.09. The molecule has 0 atom stereocenters. The van der Waals surface area contributed by atoms with E-state index in [2.05, 4.69) is 22.5 Å². The van der Waals surface area contributed by atoms with Crippen molar-refractivity contribution in [3.05, 3.63) is 16.1 Å². The normalized spacial score (nSPS) is 10.3. The summed E-state index contributed by atoms with van der Waals surface area (Å²) in [5.74, 6) is 0.0672. The molecule has 0 bridgehead atoms. The van der Waals surface area contributed by atoms with Gasteiger partial charge in [0, 0.05) is 24.0 Å². The van der Waals surface area contributed by atoms with Crippen molar-refractivity contribution in [2.45, 2.75) is 26.3 Å². The second-order valence-electron chi connectivity index (χ2n) is 3.20. The Kier molecular flexibility index (Phi) is 5.28. The zero-order chi connectivity index (χ0) is 11.1. The smallest absolute Gasteiger partial charge is 0.221 e. The molecule has 5 heteroatoms. The van der Waals surface area contributed by atoms with Crippen LogP contribution in [0.1, 0.15) is 23.2 Å². The van der Waals surface area contributed by atoms with Gasteiger partial charge in [0.25, 0.3) is 0 Å². The molecule has 0 spiro atoms. The van der Waals surface area contributed by atoms with Crippen LogP contribution in [-0.2, 0) is 17.8 Å². The van der Waals surface area contributed by atoms with Gasteiger partial charge in [0.05, 0.1) is 6.54 Å². The average molecular weight is 227 g/mol. The number of thiazole rings is 1. The van der Waals surface area contributed by atoms with E-state index < -0.39 is 0 Å². The van der Waals surface area contributed by atoms with Gasteiger partial charge in [-0.15, -0.1) is 11.3 Å². The van der Waals surface area contributed by atoms with Gasteiger partial charge in [0.15, 0.2) is 0 Å². The van der Waals surface area contributed by atoms with Gasteiger partial charge in [-0.2, -0.15) is 0 Å². The molecule has 0 aliphatic heterocycles. The maximum absolute atomic E-state index is 11.3. The van der Waals surface area contributed by atoms with Crippen molar-refractivity contribution >= 4 is 17.2 Å². The summed E-state index contributed by atoms with van der Waals surface area (Å²) in [6.07, 6.45) is 3.40. The number of amides is 1. The zero-order valence-electron chi connectivity index (χ0n) is 9.17. The van der Waals surface area contributed by atoms with Crippen LogP contribution in [0.15, 0.2) is 6.20 Å². The number of nitrogens with zero attached hydrogens (tertiary/aromatic N) is 1. The number of hydrogen-bond donors (Lipinski definition) is 2. The Morgan fingerprint density at radius 3 is 3.00 bits per heavy atom. The minimum Gasteiger partial charge on any atom is -0.350 e. The highest BCUT2D eigenvalue weighted by molar-refractivity contribution is 7.11. The maximum Gasteiger partial charge on any atom is 0.221 e. The number of carbonyl (C=O) groups excluding carboxylic acids is 1. The topological polar surface area (TPSA) is 54.0 Å². The SMILES string of the molecule is CCc1cnc(CNC(=O)CCNC)s1. The summed E-state index contributed by atoms with van der Waals surface area (Å²) in [6.45, 7) is 3.36. The molecule has 0 saturated carbocycles. The number of aryl methyl sites for hydroxylation is 1. The van der Waals surface area contributed by atoms with Crippen molar-refractivity contribution in [3.63, 3.8) is 0 Å². The van der Waals surface area contributed by atoms with Crippen LogP contribution in [0.5, 0.6) is 0 Å². The Bertz CT molecular complexity index is 311. The second kappa shape index (κ2) is 6.53. The van der Waals surface area contributed by atoms with Gasteiger partial charge in [-0.25, -0.2) is 4.98 Å². The Morgan fingerprint density at radius 2 is 2.40 bits per heavy atom. The third kappa shape index (κ3) is 4.40. The molecule has 0 unspecified atom stereocenters. The van der Waals surface area contributed by atoms with Gasteiger partial charge in [0.1, 0.15) is 5.01 Å². The van der Waals surface area contributed by atoms with E-state index in [0.717, 1.165) is 11.4 Å². The Labute approximate surface area is 94.1 Å². The molecule has 84 valence electrons. The van der Waals surface area contributed by atoms with Crippen LogP contribution in [0.4, 0.5) is 0 Å². The van der Waals surface area contributed by atoms with Crippen LogP contribution < -0.4 is 10.6 Å². The quantitative estimate of drug-likeness (QED) is 0.760. The van der Waals surface area contributed by atoms with E-state index in [1.54, 1.807) is 11.3 Å². The van der Waals surface area contributed by atoms with Gasteiger partial charge in [-0.3, -0.25) is 4.79 Å². The Balaban J connectivity index is 2.27. The lowest BCUT2D eigenvalue weighted by molar-refractivity contribution is -0.121. The first-order chi connectivity index (χ1) is 7.26. The van der Waals surface area contributed by atoms with Crippen molar-refractivity contribution in [1.29, 1.82) is 0 Å². The van der Waals surface area contributed by atoms with E-state index in [0.29, 0.717) is 19.5 Å². The number of hydrogen-bond acceptors (Lipinski definition) is 4. The highest BCUT2D eigenvalue weighted by Gasteiger charge is 2.03. The summed E-state index contributed by atoms with van der Waals surface area (Å²) in [4.78, 5) is 16.8. The van der Waals surface area contributed by atoms with Gasteiger partial charge in [0.2, 0.25) is 5.91 Å². The summed E-state index contributed by atoms with van der Waals surface area (Å²) >= 11 is 1.66. The lowest BCUT2D eigenvalue weighted by atomic mass is 10.4. The molecule has 4 nitrogen and oxygen atoms in total. The van der Waals surface area contributed by atoms with Crippen molar-refractivity contribution in [3.8, 4) is 0 Å². The third-order valence-electron chi connectivity index (χ3n) is 1.99. The molecule has 0 fully saturated rings. The first kappa shape index (κ1) is 12.1. The Morgan fingerprint density at radius 1 is 1.60 bits per heavy atom. The molecule has 15 heavy (non-hydrogen) atoms. The van der Waals surface area contributed by atoms with Crippen molar-refractivity contribution in [2.75, 3.05) is 13.6 Å². The van der Waals surface area contributed by atoms with E-state index >= 15 is 0 Å². The minimum absolute atomic E-state index is 0.0672. The largest absolute Gasteiger partial charge is 0.350 e. The van der Waals surface area contributed by atoms with Crippen LogP contribution in [0.3, 0.4) is 0 Å². The van der Waals surface area contributed by atoms with E-state index in [9.17, 15) is 4.79 Å². The number of carbonyl (C=O) groups is 1. The van der Waals surface area contributed by atoms with Crippen LogP contribution in [-0.4, -0.2) is 24.5 Å². The van der Waals surface area contributed by atoms with Crippen LogP contribution in [0, 0.1) is 0 Å². The molecular weight excluding hydrogens is 210 g/mol. The second-order valence-corrected chi connectivity index (χ2v) is 4.40. The highest BCUT2D eigenvalue weighted by Crippen LogP contribution is 2.12. The fourth-order valence-corrected chi connectivity index (χ4v) is 1.90. The van der Waals surface area contributed by atoms with Crippen LogP contribution in [0.2, 0.25) is 0 Å². The standard InChI is InChI=1S/C10H17N3OS/c1-3-8-6-13-10(15-8)7-12-9(14)4-5-11-2/h6,11H,3-5,7H2,1-2H3,(H,12,14). The number of rotatable bonds is 6. The lowest BCUT2D eigenvalue weighted by Gasteiger charge is -2.01. The van der Waals surface area contributed by atoms with E-state index in [1.807, 2.05) is 13.2 Å². The van der Waals surface area contributed by atoms with Gasteiger partial charge >= 0.3 is 0 Å². The molecule has 2 N–H and O–H groups in total. The van der Waals surface area contributed by atoms with Crippen molar-refractivity contribution < 1.29 is 4.79 Å². The predicted molar refractivity (Wildman–Crippen MR) is 61.9 cm³/mol. The van der Waals surface area contributed by atoms with Gasteiger partial charge < -0.3 is 10.6 Å². The fraction of sp³-hybridized carbons (Fsp3) is 0.600. The van der Waals surface area contributed by atoms with E-state index in [4.69, 9.17) is 0 Å². The molecule has 1 aromatic rings. The van der Waals surface area contributed by atoms with Crippen LogP contribution in [0.25, 0.3) is 0 Å². The molecular formula is C10H17N3OS. The summed E-state index contributed by atoms with van der Waals surface area (Å²) in [7, 11) is 1.83. The zero-order valence-corrected chi connectivity index (χ0v) is 9.99. The third-order valence-corrected chi connectivity index (χ3v) is 3.13. The molecule has 0 aliphatic rings.